The van der Waals surface area contributed by atoms with E-state index in [1.807, 2.05) is 6.92 Å². The number of halogens is 2. The van der Waals surface area contributed by atoms with Gasteiger partial charge in [0.2, 0.25) is 5.95 Å². The minimum atomic E-state index is -1.75. The first-order valence-corrected chi connectivity index (χ1v) is 16.8. The van der Waals surface area contributed by atoms with E-state index in [1.54, 1.807) is 6.07 Å². The summed E-state index contributed by atoms with van der Waals surface area (Å²) in [4.78, 5) is 14.7. The molecule has 1 aliphatic heterocycles. The monoisotopic (exact) mass is 591 g/mol. The molecule has 2 heterocycles. The molecule has 1 atom stereocenters. The zero-order valence-corrected chi connectivity index (χ0v) is 25.3. The third kappa shape index (κ3) is 6.52. The Morgan fingerprint density at radius 1 is 1.19 bits per heavy atom. The van der Waals surface area contributed by atoms with Crippen molar-refractivity contribution < 1.29 is 13.7 Å². The van der Waals surface area contributed by atoms with Gasteiger partial charge in [0, 0.05) is 17.0 Å². The molecular formula is C27H39BrFN5O2Si. The smallest absolute Gasteiger partial charge is 0.220 e. The van der Waals surface area contributed by atoms with Crippen molar-refractivity contribution in [3.63, 3.8) is 0 Å². The second-order valence-electron chi connectivity index (χ2n) is 11.8. The number of anilines is 1. The van der Waals surface area contributed by atoms with Crippen LogP contribution in [0.15, 0.2) is 27.8 Å². The van der Waals surface area contributed by atoms with Crippen molar-refractivity contribution in [3.8, 4) is 0 Å². The van der Waals surface area contributed by atoms with E-state index >= 15 is 0 Å². The van der Waals surface area contributed by atoms with Gasteiger partial charge in [-0.1, -0.05) is 47.9 Å². The average Bonchev–Trinajstić information content (AvgIpc) is 2.78. The fraction of sp³-hybridized carbons (Fsp3) is 0.593. The Balaban J connectivity index is 1.43. The van der Waals surface area contributed by atoms with E-state index in [-0.39, 0.29) is 22.8 Å². The van der Waals surface area contributed by atoms with E-state index < -0.39 is 8.32 Å². The van der Waals surface area contributed by atoms with Gasteiger partial charge >= 0.3 is 0 Å². The zero-order valence-electron chi connectivity index (χ0n) is 22.7. The lowest BCUT2D eigenvalue weighted by Crippen LogP contribution is -2.44. The third-order valence-electron chi connectivity index (χ3n) is 7.99. The highest BCUT2D eigenvalue weighted by Gasteiger charge is 2.40. The lowest BCUT2D eigenvalue weighted by molar-refractivity contribution is 0.0577. The fourth-order valence-electron chi connectivity index (χ4n) is 4.85. The van der Waals surface area contributed by atoms with Crippen molar-refractivity contribution in [1.82, 2.24) is 15.3 Å². The number of benzene rings is 1. The Morgan fingerprint density at radius 3 is 2.54 bits per heavy atom. The maximum Gasteiger partial charge on any atom is 0.220 e. The minimum absolute atomic E-state index is 0.165. The van der Waals surface area contributed by atoms with Crippen LogP contribution in [0.1, 0.15) is 75.0 Å². The van der Waals surface area contributed by atoms with Gasteiger partial charge in [-0.3, -0.25) is 0 Å². The highest BCUT2D eigenvalue weighted by molar-refractivity contribution is 9.10. The predicted molar refractivity (Wildman–Crippen MR) is 151 cm³/mol. The Labute approximate surface area is 229 Å². The number of aryl methyl sites for hydroxylation is 1. The molecule has 4 rings (SSSR count). The van der Waals surface area contributed by atoms with Gasteiger partial charge < -0.3 is 20.3 Å². The molecule has 2 aliphatic rings. The number of nitrogens with zero attached hydrogens (tertiary/aromatic N) is 3. The Bertz CT molecular complexity index is 1160. The molecule has 10 heteroatoms. The summed E-state index contributed by atoms with van der Waals surface area (Å²) in [6, 6.07) is 4.52. The van der Waals surface area contributed by atoms with Crippen molar-refractivity contribution >= 4 is 36.0 Å². The molecule has 202 valence electrons. The number of nitrogen functional groups attached to an aromatic ring is 1. The Kier molecular flexibility index (Phi) is 8.30. The first-order chi connectivity index (χ1) is 17.3. The van der Waals surface area contributed by atoms with Crippen LogP contribution in [0.25, 0.3) is 0 Å². The standard InChI is InChI=1S/C27H39BrFN5O2Si/c1-16-24-23(33-26(30)31-16)14-22(20-12-9-18(29)13-21(20)28)32-25(24)34-35-15-17-7-10-19(11-8-17)36-37(5,6)27(2,3)4/h9,12-13,17,19,22H,7-8,10-11,14-15H2,1-6H3,(H,32,34)(H2,30,31,33)/t17?,19?,22-/m1/s1. The summed E-state index contributed by atoms with van der Waals surface area (Å²) in [6.45, 7) is 14.0. The number of nitrogens with two attached hydrogens (primary N) is 1. The van der Waals surface area contributed by atoms with E-state index in [9.17, 15) is 4.39 Å². The quantitative estimate of drug-likeness (QED) is 0.297. The molecule has 0 spiro atoms. The zero-order chi connectivity index (χ0) is 27.0. The molecular weight excluding hydrogens is 553 g/mol. The number of rotatable bonds is 6. The highest BCUT2D eigenvalue weighted by Crippen LogP contribution is 2.40. The molecule has 0 saturated heterocycles. The van der Waals surface area contributed by atoms with Gasteiger partial charge in [-0.15, -0.1) is 0 Å². The van der Waals surface area contributed by atoms with Crippen LogP contribution in [-0.4, -0.2) is 36.8 Å². The fourth-order valence-corrected chi connectivity index (χ4v) is 6.90. The predicted octanol–water partition coefficient (Wildman–Crippen LogP) is 6.41. The summed E-state index contributed by atoms with van der Waals surface area (Å²) in [7, 11) is -1.75. The number of hydrogen-bond donors (Lipinski definition) is 2. The van der Waals surface area contributed by atoms with E-state index in [0.717, 1.165) is 48.2 Å². The van der Waals surface area contributed by atoms with Crippen LogP contribution in [0.4, 0.5) is 10.3 Å². The van der Waals surface area contributed by atoms with Crippen molar-refractivity contribution in [1.29, 1.82) is 0 Å². The highest BCUT2D eigenvalue weighted by atomic mass is 79.9. The van der Waals surface area contributed by atoms with Crippen molar-refractivity contribution in [2.75, 3.05) is 12.3 Å². The molecule has 0 amide bonds. The molecule has 0 bridgehead atoms. The third-order valence-corrected chi connectivity index (χ3v) is 13.2. The maximum atomic E-state index is 13.7. The second-order valence-corrected chi connectivity index (χ2v) is 17.4. The normalized spacial score (nSPS) is 23.5. The Hall–Kier alpha value is -2.04. The van der Waals surface area contributed by atoms with E-state index in [2.05, 4.69) is 70.2 Å². The molecule has 0 radical (unpaired) electrons. The van der Waals surface area contributed by atoms with Crippen molar-refractivity contribution in [2.45, 2.75) is 90.1 Å². The van der Waals surface area contributed by atoms with E-state index in [0.29, 0.717) is 35.4 Å². The van der Waals surface area contributed by atoms with Gasteiger partial charge in [-0.2, -0.15) is 0 Å². The van der Waals surface area contributed by atoms with Crippen LogP contribution in [0.2, 0.25) is 18.1 Å². The summed E-state index contributed by atoms with van der Waals surface area (Å²) >= 11 is 3.49. The summed E-state index contributed by atoms with van der Waals surface area (Å²) in [5.74, 6) is 0.954. The van der Waals surface area contributed by atoms with Gasteiger partial charge in [0.05, 0.1) is 23.0 Å². The maximum absolute atomic E-state index is 13.7. The van der Waals surface area contributed by atoms with Crippen LogP contribution in [-0.2, 0) is 15.7 Å². The van der Waals surface area contributed by atoms with Gasteiger partial charge in [0.15, 0.2) is 14.2 Å². The lowest BCUT2D eigenvalue weighted by Gasteiger charge is -2.41. The molecule has 0 unspecified atom stereocenters. The molecule has 3 N–H and O–H groups in total. The SMILES string of the molecule is Cc1nc(N)nc2c1/C(=N/OCC1CCC(O[Si](C)(C)C(C)(C)C)CC1)N[C@@H](c1ccc(F)cc1Br)C2. The van der Waals surface area contributed by atoms with Crippen LogP contribution in [0, 0.1) is 18.7 Å². The van der Waals surface area contributed by atoms with Crippen LogP contribution >= 0.6 is 15.9 Å². The Morgan fingerprint density at radius 2 is 1.89 bits per heavy atom. The molecule has 2 aromatic rings. The van der Waals surface area contributed by atoms with Crippen molar-refractivity contribution in [3.05, 3.63) is 51.0 Å². The molecule has 1 aromatic carbocycles. The topological polar surface area (TPSA) is 94.7 Å². The summed E-state index contributed by atoms with van der Waals surface area (Å²) in [6.07, 6.45) is 5.17. The lowest BCUT2D eigenvalue weighted by atomic mass is 9.88. The van der Waals surface area contributed by atoms with Crippen LogP contribution in [0.3, 0.4) is 0 Å². The minimum Gasteiger partial charge on any atom is -0.414 e. The molecule has 1 fully saturated rings. The van der Waals surface area contributed by atoms with Crippen molar-refractivity contribution in [2.24, 2.45) is 11.1 Å². The van der Waals surface area contributed by atoms with Gasteiger partial charge in [-0.25, -0.2) is 14.4 Å². The molecule has 37 heavy (non-hydrogen) atoms. The summed E-state index contributed by atoms with van der Waals surface area (Å²) in [5, 5.41) is 8.20. The number of amidine groups is 1. The largest absolute Gasteiger partial charge is 0.414 e. The number of hydrogen-bond acceptors (Lipinski definition) is 6. The van der Waals surface area contributed by atoms with E-state index in [1.165, 1.54) is 12.1 Å². The second kappa shape index (κ2) is 11.0. The number of fused-ring (bicyclic) bond motifs is 1. The molecule has 1 aliphatic carbocycles. The number of aromatic nitrogens is 2. The van der Waals surface area contributed by atoms with Gasteiger partial charge in [-0.05, 0) is 74.4 Å². The number of nitrogens with one attached hydrogen (secondary N) is 1. The molecule has 1 aromatic heterocycles. The van der Waals surface area contributed by atoms with Gasteiger partial charge in [0.1, 0.15) is 12.4 Å². The van der Waals surface area contributed by atoms with Crippen LogP contribution in [0.5, 0.6) is 0 Å². The first-order valence-electron chi connectivity index (χ1n) is 13.1. The molecule has 7 nitrogen and oxygen atoms in total. The van der Waals surface area contributed by atoms with E-state index in [4.69, 9.17) is 15.0 Å². The number of oxime groups is 1. The van der Waals surface area contributed by atoms with Crippen LogP contribution < -0.4 is 11.1 Å². The first kappa shape index (κ1) is 28.0. The summed E-state index contributed by atoms with van der Waals surface area (Å²) < 4.78 is 21.0. The van der Waals surface area contributed by atoms with Gasteiger partial charge in [0.25, 0.3) is 0 Å². The summed E-state index contributed by atoms with van der Waals surface area (Å²) in [5.41, 5.74) is 9.23. The average molecular weight is 593 g/mol. The molecule has 1 saturated carbocycles.